The van der Waals surface area contributed by atoms with Gasteiger partial charge in [-0.15, -0.1) is 0 Å². The van der Waals surface area contributed by atoms with Crippen molar-refractivity contribution in [1.82, 2.24) is 4.98 Å². The maximum atomic E-state index is 15.0. The van der Waals surface area contributed by atoms with Crippen LogP contribution in [0.4, 0.5) is 0 Å². The highest BCUT2D eigenvalue weighted by molar-refractivity contribution is 5.93. The molecule has 11 atom stereocenters. The summed E-state index contributed by atoms with van der Waals surface area (Å²) in [7, 11) is 0. The minimum Gasteiger partial charge on any atom is -0.462 e. The monoisotopic (exact) mass is 793 g/mol. The van der Waals surface area contributed by atoms with Crippen LogP contribution in [0.25, 0.3) is 0 Å². The summed E-state index contributed by atoms with van der Waals surface area (Å²) in [5.74, 6) is -9.18. The average Bonchev–Trinajstić information content (AvgIpc) is 3.92. The molecule has 3 fully saturated rings. The lowest BCUT2D eigenvalue weighted by Gasteiger charge is -2.44. The van der Waals surface area contributed by atoms with E-state index in [0.717, 1.165) is 27.7 Å². The second kappa shape index (κ2) is 16.9. The number of epoxide rings is 1. The first-order valence-corrected chi connectivity index (χ1v) is 18.4. The van der Waals surface area contributed by atoms with E-state index in [4.69, 9.17) is 38.2 Å². The van der Waals surface area contributed by atoms with E-state index in [1.54, 1.807) is 45.9 Å². The van der Waals surface area contributed by atoms with Crippen molar-refractivity contribution >= 4 is 41.6 Å². The molecule has 1 saturated heterocycles. The molecule has 0 bridgehead atoms. The molecule has 2 heterocycles. The van der Waals surface area contributed by atoms with E-state index in [9.17, 15) is 28.8 Å². The largest absolute Gasteiger partial charge is 0.462 e. The van der Waals surface area contributed by atoms with Crippen LogP contribution in [0.2, 0.25) is 0 Å². The molecule has 1 aliphatic heterocycles. The van der Waals surface area contributed by atoms with Crippen LogP contribution < -0.4 is 0 Å². The topological polar surface area (TPSA) is 210 Å². The Morgan fingerprint density at radius 2 is 1.39 bits per heavy atom. The summed E-state index contributed by atoms with van der Waals surface area (Å²) >= 11 is 0. The highest BCUT2D eigenvalue weighted by Gasteiger charge is 2.69. The maximum absolute atomic E-state index is 15.0. The van der Waals surface area contributed by atoms with Gasteiger partial charge in [-0.1, -0.05) is 52.5 Å². The van der Waals surface area contributed by atoms with Crippen LogP contribution in [0.15, 0.2) is 67.0 Å². The summed E-state index contributed by atoms with van der Waals surface area (Å²) in [6, 6.07) is 10.7. The number of nitrogens with zero attached hydrogens (tertiary/aromatic N) is 1. The molecule has 0 spiro atoms. The number of carbonyl (C=O) groups excluding carboxylic acids is 7. The van der Waals surface area contributed by atoms with Gasteiger partial charge in [-0.3, -0.25) is 33.8 Å². The molecule has 3 aliphatic rings. The second-order valence-corrected chi connectivity index (χ2v) is 15.3. The Bertz CT molecular complexity index is 1900. The molecule has 0 N–H and O–H groups in total. The highest BCUT2D eigenvalue weighted by Crippen LogP contribution is 2.54. The van der Waals surface area contributed by atoms with Crippen molar-refractivity contribution in [1.29, 1.82) is 0 Å². The van der Waals surface area contributed by atoms with E-state index in [0.29, 0.717) is 0 Å². The predicted octanol–water partition coefficient (Wildman–Crippen LogP) is 4.09. The Labute approximate surface area is 329 Å². The molecule has 2 aliphatic carbocycles. The van der Waals surface area contributed by atoms with E-state index in [2.05, 4.69) is 11.6 Å². The molecule has 11 unspecified atom stereocenters. The van der Waals surface area contributed by atoms with Crippen molar-refractivity contribution in [2.75, 3.05) is 0 Å². The van der Waals surface area contributed by atoms with Crippen molar-refractivity contribution in [3.05, 3.63) is 78.1 Å². The third kappa shape index (κ3) is 8.91. The van der Waals surface area contributed by atoms with E-state index in [1.165, 1.54) is 36.7 Å². The van der Waals surface area contributed by atoms with Gasteiger partial charge in [-0.25, -0.2) is 9.59 Å². The van der Waals surface area contributed by atoms with Crippen molar-refractivity contribution in [2.45, 2.75) is 110 Å². The summed E-state index contributed by atoms with van der Waals surface area (Å²) < 4.78 is 36.0. The number of hydrogen-bond donors (Lipinski definition) is 0. The number of ether oxygens (including phenoxy) is 6. The molecular formula is C41H47NO15. The lowest BCUT2D eigenvalue weighted by Crippen LogP contribution is -2.60. The molecular weight excluding hydrogens is 746 g/mol. The first-order valence-electron chi connectivity index (χ1n) is 18.4. The Morgan fingerprint density at radius 3 is 1.96 bits per heavy atom. The van der Waals surface area contributed by atoms with Crippen LogP contribution in [0.5, 0.6) is 0 Å². The first-order chi connectivity index (χ1) is 26.8. The van der Waals surface area contributed by atoms with E-state index in [1.807, 2.05) is 0 Å². The number of Topliss-reactive ketones (excluding diaryl/α,β-unsaturated/α-hetero) is 1. The Morgan fingerprint density at radius 1 is 0.772 bits per heavy atom. The van der Waals surface area contributed by atoms with E-state index < -0.39 is 113 Å². The number of ketones is 1. The van der Waals surface area contributed by atoms with Crippen LogP contribution in [0, 0.1) is 23.2 Å². The smallest absolute Gasteiger partial charge is 0.374 e. The zero-order valence-corrected chi connectivity index (χ0v) is 33.0. The first kappa shape index (κ1) is 42.7. The summed E-state index contributed by atoms with van der Waals surface area (Å²) in [4.78, 5) is 109. The van der Waals surface area contributed by atoms with Crippen LogP contribution in [-0.4, -0.2) is 94.9 Å². The fraction of sp³-hybridized carbons (Fsp3) is 0.512. The third-order valence-electron chi connectivity index (χ3n) is 10.6. The number of aromatic nitrogens is 1. The molecule has 0 radical (unpaired) electrons. The lowest BCUT2D eigenvalue weighted by molar-refractivity contribution is -0.321. The third-order valence-corrected chi connectivity index (χ3v) is 10.6. The fourth-order valence-corrected chi connectivity index (χ4v) is 8.16. The van der Waals surface area contributed by atoms with Gasteiger partial charge >= 0.3 is 35.8 Å². The number of rotatable bonds is 9. The number of carbonyl (C=O) groups is 7. The van der Waals surface area contributed by atoms with Gasteiger partial charge in [0.15, 0.2) is 29.7 Å². The lowest BCUT2D eigenvalue weighted by atomic mass is 9.70. The van der Waals surface area contributed by atoms with Crippen molar-refractivity contribution in [3.8, 4) is 0 Å². The van der Waals surface area contributed by atoms with Gasteiger partial charge in [0.25, 0.3) is 0 Å². The molecule has 1 aromatic heterocycles. The van der Waals surface area contributed by atoms with Gasteiger partial charge < -0.3 is 28.4 Å². The standard InChI is InChI=1S/C41H47NO15/c1-20-18-41(55-26(7)46)29(30(20)50-23(4)43)31(51-24(5)44)21(2)32(52-25(6)45)34(54-38(48)27-14-11-10-12-15-27)37(56-57-39(49)28-16-13-17-42-19-28)40(8,9)36-33(53-36)22(3)35(41)47/h10-17,19-20,22,29-34,36-37H,2,18H2,1,3-9H3. The Kier molecular flexibility index (Phi) is 12.7. The van der Waals surface area contributed by atoms with Crippen LogP contribution >= 0.6 is 0 Å². The molecule has 2 saturated carbocycles. The van der Waals surface area contributed by atoms with Gasteiger partial charge in [-0.2, -0.15) is 4.89 Å². The molecule has 1 aromatic carbocycles. The summed E-state index contributed by atoms with van der Waals surface area (Å²) in [5, 5.41) is 0. The Hall–Kier alpha value is -5.48. The number of fused-ring (bicyclic) bond motifs is 2. The quantitative estimate of drug-likeness (QED) is 0.0874. The molecule has 57 heavy (non-hydrogen) atoms. The molecule has 2 aromatic rings. The highest BCUT2D eigenvalue weighted by atomic mass is 17.2. The molecule has 16 heteroatoms. The molecule has 306 valence electrons. The van der Waals surface area contributed by atoms with Crippen molar-refractivity contribution < 1.29 is 71.8 Å². The molecule has 5 rings (SSSR count). The van der Waals surface area contributed by atoms with Crippen molar-refractivity contribution in [3.63, 3.8) is 0 Å². The van der Waals surface area contributed by atoms with E-state index in [-0.39, 0.29) is 23.1 Å². The van der Waals surface area contributed by atoms with Gasteiger partial charge in [0, 0.05) is 63.4 Å². The zero-order chi connectivity index (χ0) is 42.0. The van der Waals surface area contributed by atoms with Gasteiger partial charge in [0.1, 0.15) is 12.2 Å². The second-order valence-electron chi connectivity index (χ2n) is 15.3. The number of esters is 5. The van der Waals surface area contributed by atoms with Gasteiger partial charge in [-0.05, 0) is 30.2 Å². The van der Waals surface area contributed by atoms with Crippen LogP contribution in [0.3, 0.4) is 0 Å². The molecule has 0 amide bonds. The molecule has 16 nitrogen and oxygen atoms in total. The number of hydrogen-bond acceptors (Lipinski definition) is 16. The van der Waals surface area contributed by atoms with E-state index >= 15 is 4.79 Å². The fourth-order valence-electron chi connectivity index (χ4n) is 8.16. The minimum atomic E-state index is -2.11. The van der Waals surface area contributed by atoms with Crippen molar-refractivity contribution in [2.24, 2.45) is 23.2 Å². The normalized spacial score (nSPS) is 31.8. The van der Waals surface area contributed by atoms with Crippen LogP contribution in [0.1, 0.15) is 82.5 Å². The SMILES string of the molecule is C=C1C(OC(C)=O)C(OC(=O)c2ccccc2)C(OOC(=O)c2cccnc2)C(C)(C)C2OC2C(C)C(=O)C2(OC(C)=O)CC(C)C(OC(C)=O)C2C1OC(C)=O. The zero-order valence-electron chi connectivity index (χ0n) is 33.0. The number of pyridine rings is 1. The average molecular weight is 794 g/mol. The van der Waals surface area contributed by atoms with Gasteiger partial charge in [0.2, 0.25) is 0 Å². The minimum absolute atomic E-state index is 0.00519. The summed E-state index contributed by atoms with van der Waals surface area (Å²) in [6.07, 6.45) is -7.40. The summed E-state index contributed by atoms with van der Waals surface area (Å²) in [6.45, 7) is 15.1. The predicted molar refractivity (Wildman–Crippen MR) is 194 cm³/mol. The summed E-state index contributed by atoms with van der Waals surface area (Å²) in [5.41, 5.74) is -3.69. The maximum Gasteiger partial charge on any atom is 0.374 e. The van der Waals surface area contributed by atoms with Crippen LogP contribution in [-0.2, 0) is 62.2 Å². The Balaban J connectivity index is 1.78. The number of benzene rings is 1. The van der Waals surface area contributed by atoms with Gasteiger partial charge in [0.05, 0.1) is 29.3 Å².